The number of hydrogen-bond donors (Lipinski definition) is 1. The number of likely N-dealkylation sites (tertiary alicyclic amines) is 1. The van der Waals surface area contributed by atoms with Crippen LogP contribution in [0.15, 0.2) is 5.38 Å². The minimum absolute atomic E-state index is 0.283. The van der Waals surface area contributed by atoms with Crippen molar-refractivity contribution in [1.29, 1.82) is 0 Å². The average molecular weight is 317 g/mol. The predicted molar refractivity (Wildman–Crippen MR) is 82.4 cm³/mol. The van der Waals surface area contributed by atoms with Crippen molar-refractivity contribution in [2.24, 2.45) is 0 Å². The molecule has 5 nitrogen and oxygen atoms in total. The summed E-state index contributed by atoms with van der Waals surface area (Å²) in [5, 5.41) is 3.29. The van der Waals surface area contributed by atoms with Gasteiger partial charge in [0.25, 0.3) is 0 Å². The number of aromatic nitrogens is 1. The van der Waals surface area contributed by atoms with Gasteiger partial charge in [0, 0.05) is 24.5 Å². The molecular formula is C13H23N3O2S2. The third kappa shape index (κ3) is 4.80. The Morgan fingerprint density at radius 2 is 2.30 bits per heavy atom. The van der Waals surface area contributed by atoms with Gasteiger partial charge < -0.3 is 0 Å². The molecule has 1 aromatic heterocycles. The maximum absolute atomic E-state index is 11.2. The summed E-state index contributed by atoms with van der Waals surface area (Å²) in [6, 6.07) is 0.283. The molecule has 1 N–H and O–H groups in total. The van der Waals surface area contributed by atoms with Crippen LogP contribution in [0.3, 0.4) is 0 Å². The van der Waals surface area contributed by atoms with Gasteiger partial charge in [-0.25, -0.2) is 18.1 Å². The lowest BCUT2D eigenvalue weighted by atomic mass is 10.0. The Hall–Kier alpha value is -0.500. The first-order valence-electron chi connectivity index (χ1n) is 7.10. The molecule has 1 aliphatic rings. The highest BCUT2D eigenvalue weighted by molar-refractivity contribution is 7.88. The van der Waals surface area contributed by atoms with E-state index < -0.39 is 10.0 Å². The van der Waals surface area contributed by atoms with Gasteiger partial charge >= 0.3 is 0 Å². The van der Waals surface area contributed by atoms with E-state index in [0.29, 0.717) is 6.54 Å². The Labute approximate surface area is 125 Å². The van der Waals surface area contributed by atoms with E-state index in [1.807, 2.05) is 0 Å². The minimum atomic E-state index is -3.11. The van der Waals surface area contributed by atoms with E-state index in [4.69, 9.17) is 0 Å². The molecule has 1 aliphatic heterocycles. The lowest BCUT2D eigenvalue weighted by Crippen LogP contribution is -2.46. The number of nitrogens with zero attached hydrogens (tertiary/aromatic N) is 2. The summed E-state index contributed by atoms with van der Waals surface area (Å²) in [5.41, 5.74) is 1.11. The monoisotopic (exact) mass is 317 g/mol. The Kier molecular flexibility index (Phi) is 5.54. The first-order chi connectivity index (χ1) is 9.48. The number of sulfonamides is 1. The lowest BCUT2D eigenvalue weighted by molar-refractivity contribution is 0.140. The largest absolute Gasteiger partial charge is 0.293 e. The number of rotatable bonds is 6. The number of aryl methyl sites for hydroxylation is 1. The van der Waals surface area contributed by atoms with E-state index in [-0.39, 0.29) is 6.04 Å². The fraction of sp³-hybridized carbons (Fsp3) is 0.769. The van der Waals surface area contributed by atoms with Crippen molar-refractivity contribution in [2.45, 2.75) is 45.2 Å². The standard InChI is InChI=1S/C13H23N3O2S2/c1-3-13-15-11(10-19-13)9-16-7-5-4-6-12(16)8-14-20(2,17)18/h10,12,14H,3-9H2,1-2H3/t12-/m0/s1. The molecule has 0 unspecified atom stereocenters. The van der Waals surface area contributed by atoms with Gasteiger partial charge in [-0.1, -0.05) is 13.3 Å². The number of hydrogen-bond acceptors (Lipinski definition) is 5. The molecule has 0 bridgehead atoms. The van der Waals surface area contributed by atoms with Crippen LogP contribution in [0.4, 0.5) is 0 Å². The number of thiazole rings is 1. The van der Waals surface area contributed by atoms with Crippen LogP contribution in [0.25, 0.3) is 0 Å². The van der Waals surface area contributed by atoms with E-state index in [1.165, 1.54) is 24.1 Å². The van der Waals surface area contributed by atoms with Crippen molar-refractivity contribution >= 4 is 21.4 Å². The maximum Gasteiger partial charge on any atom is 0.208 e. The highest BCUT2D eigenvalue weighted by Gasteiger charge is 2.23. The molecule has 0 radical (unpaired) electrons. The molecule has 2 rings (SSSR count). The first kappa shape index (κ1) is 15.9. The van der Waals surface area contributed by atoms with E-state index in [2.05, 4.69) is 26.9 Å². The molecule has 0 spiro atoms. The molecular weight excluding hydrogens is 294 g/mol. The highest BCUT2D eigenvalue weighted by atomic mass is 32.2. The Bertz CT molecular complexity index is 527. The van der Waals surface area contributed by atoms with E-state index in [1.54, 1.807) is 11.3 Å². The third-order valence-corrected chi connectivity index (χ3v) is 5.33. The Balaban J connectivity index is 1.95. The molecule has 1 aromatic rings. The second-order valence-electron chi connectivity index (χ2n) is 5.33. The fourth-order valence-electron chi connectivity index (χ4n) is 2.54. The number of nitrogens with one attached hydrogen (secondary N) is 1. The third-order valence-electron chi connectivity index (χ3n) is 3.60. The fourth-order valence-corrected chi connectivity index (χ4v) is 3.77. The molecule has 2 heterocycles. The van der Waals surface area contributed by atoms with Crippen molar-refractivity contribution in [3.05, 3.63) is 16.1 Å². The number of piperidine rings is 1. The van der Waals surface area contributed by atoms with Crippen LogP contribution in [-0.4, -0.2) is 43.7 Å². The summed E-state index contributed by atoms with van der Waals surface area (Å²) in [4.78, 5) is 6.96. The van der Waals surface area contributed by atoms with Crippen LogP contribution in [0, 0.1) is 0 Å². The molecule has 0 amide bonds. The lowest BCUT2D eigenvalue weighted by Gasteiger charge is -2.35. The van der Waals surface area contributed by atoms with Crippen LogP contribution < -0.4 is 4.72 Å². The second kappa shape index (κ2) is 6.98. The summed E-state index contributed by atoms with van der Waals surface area (Å²) in [5.74, 6) is 0. The zero-order valence-electron chi connectivity index (χ0n) is 12.1. The first-order valence-corrected chi connectivity index (χ1v) is 9.87. The van der Waals surface area contributed by atoms with Gasteiger partial charge in [0.1, 0.15) is 0 Å². The van der Waals surface area contributed by atoms with Crippen molar-refractivity contribution in [1.82, 2.24) is 14.6 Å². The van der Waals surface area contributed by atoms with E-state index >= 15 is 0 Å². The molecule has 0 aliphatic carbocycles. The topological polar surface area (TPSA) is 62.3 Å². The summed E-state index contributed by atoms with van der Waals surface area (Å²) in [6.07, 6.45) is 5.59. The van der Waals surface area contributed by atoms with Gasteiger partial charge in [0.05, 0.1) is 17.0 Å². The Morgan fingerprint density at radius 1 is 1.50 bits per heavy atom. The van der Waals surface area contributed by atoms with Crippen LogP contribution >= 0.6 is 11.3 Å². The molecule has 1 atom stereocenters. The normalized spacial score (nSPS) is 21.2. The SMILES string of the molecule is CCc1nc(CN2CCCC[C@H]2CNS(C)(=O)=O)cs1. The average Bonchev–Trinajstić information content (AvgIpc) is 2.84. The van der Waals surface area contributed by atoms with E-state index in [9.17, 15) is 8.42 Å². The Morgan fingerprint density at radius 3 is 2.95 bits per heavy atom. The zero-order chi connectivity index (χ0) is 14.6. The van der Waals surface area contributed by atoms with Gasteiger partial charge in [0.15, 0.2) is 0 Å². The second-order valence-corrected chi connectivity index (χ2v) is 8.10. The van der Waals surface area contributed by atoms with Crippen LogP contribution in [0.1, 0.15) is 36.9 Å². The predicted octanol–water partition coefficient (Wildman–Crippen LogP) is 1.61. The van der Waals surface area contributed by atoms with Gasteiger partial charge in [-0.15, -0.1) is 11.3 Å². The molecule has 114 valence electrons. The van der Waals surface area contributed by atoms with Gasteiger partial charge in [0.2, 0.25) is 10.0 Å². The van der Waals surface area contributed by atoms with Crippen molar-refractivity contribution in [3.8, 4) is 0 Å². The molecule has 1 saturated heterocycles. The molecule has 20 heavy (non-hydrogen) atoms. The molecule has 1 fully saturated rings. The van der Waals surface area contributed by atoms with Crippen LogP contribution in [0.5, 0.6) is 0 Å². The summed E-state index contributed by atoms with van der Waals surface area (Å²) < 4.78 is 25.1. The highest BCUT2D eigenvalue weighted by Crippen LogP contribution is 2.20. The maximum atomic E-state index is 11.2. The van der Waals surface area contributed by atoms with Crippen molar-refractivity contribution in [3.63, 3.8) is 0 Å². The van der Waals surface area contributed by atoms with E-state index in [0.717, 1.165) is 31.6 Å². The minimum Gasteiger partial charge on any atom is -0.293 e. The van der Waals surface area contributed by atoms with Crippen molar-refractivity contribution < 1.29 is 8.42 Å². The van der Waals surface area contributed by atoms with Gasteiger partial charge in [-0.05, 0) is 25.8 Å². The van der Waals surface area contributed by atoms with Gasteiger partial charge in [-0.2, -0.15) is 0 Å². The molecule has 0 saturated carbocycles. The summed E-state index contributed by atoms with van der Waals surface area (Å²) >= 11 is 1.71. The molecule has 7 heteroatoms. The van der Waals surface area contributed by atoms with Crippen LogP contribution in [0.2, 0.25) is 0 Å². The van der Waals surface area contributed by atoms with Gasteiger partial charge in [-0.3, -0.25) is 4.90 Å². The van der Waals surface area contributed by atoms with Crippen molar-refractivity contribution in [2.75, 3.05) is 19.3 Å². The molecule has 0 aromatic carbocycles. The smallest absolute Gasteiger partial charge is 0.208 e. The van der Waals surface area contributed by atoms with Crippen LogP contribution in [-0.2, 0) is 23.0 Å². The quantitative estimate of drug-likeness (QED) is 0.866. The summed E-state index contributed by atoms with van der Waals surface area (Å²) in [7, 11) is -3.11. The summed E-state index contributed by atoms with van der Waals surface area (Å²) in [6.45, 7) is 4.47. The zero-order valence-corrected chi connectivity index (χ0v) is 13.8.